The maximum atomic E-state index is 10.6. The minimum absolute atomic E-state index is 0.292. The molecular weight excluding hydrogens is 156 g/mol. The molecule has 0 atom stereocenters. The van der Waals surface area contributed by atoms with E-state index in [-0.39, 0.29) is 0 Å². The molecule has 0 saturated heterocycles. The highest BCUT2D eigenvalue weighted by Gasteiger charge is 1.95. The lowest BCUT2D eigenvalue weighted by Crippen LogP contribution is -1.90. The summed E-state index contributed by atoms with van der Waals surface area (Å²) in [5, 5.41) is 4.21. The fourth-order valence-electron chi connectivity index (χ4n) is 0.976. The first kappa shape index (κ1) is 8.47. The summed E-state index contributed by atoms with van der Waals surface area (Å²) >= 11 is 1.71. The summed E-state index contributed by atoms with van der Waals surface area (Å²) in [4.78, 5) is 10.6. The molecule has 0 radical (unpaired) electrons. The van der Waals surface area contributed by atoms with Crippen LogP contribution in [0.3, 0.4) is 0 Å². The molecule has 0 N–H and O–H groups in total. The van der Waals surface area contributed by atoms with E-state index in [9.17, 15) is 4.79 Å². The minimum Gasteiger partial charge on any atom is -0.300 e. The van der Waals surface area contributed by atoms with Crippen LogP contribution in [0.4, 0.5) is 0 Å². The fourth-order valence-corrected chi connectivity index (χ4v) is 1.68. The van der Waals surface area contributed by atoms with Crippen LogP contribution in [0.15, 0.2) is 16.8 Å². The number of carbonyl (C=O) groups is 1. The Bertz CT molecular complexity index is 213. The third-order valence-electron chi connectivity index (χ3n) is 1.57. The van der Waals surface area contributed by atoms with Crippen LogP contribution in [0.25, 0.3) is 0 Å². The third kappa shape index (κ3) is 3.33. The van der Waals surface area contributed by atoms with Crippen molar-refractivity contribution in [1.29, 1.82) is 0 Å². The molecule has 11 heavy (non-hydrogen) atoms. The van der Waals surface area contributed by atoms with Gasteiger partial charge in [-0.1, -0.05) is 0 Å². The Labute approximate surface area is 71.1 Å². The summed E-state index contributed by atoms with van der Waals surface area (Å²) in [6.45, 7) is 1.65. The second kappa shape index (κ2) is 4.29. The zero-order valence-corrected chi connectivity index (χ0v) is 7.49. The van der Waals surface area contributed by atoms with Crippen molar-refractivity contribution in [2.45, 2.75) is 26.2 Å². The molecule has 0 spiro atoms. The van der Waals surface area contributed by atoms with Crippen molar-refractivity contribution in [2.24, 2.45) is 0 Å². The Kier molecular flexibility index (Phi) is 3.30. The highest BCUT2D eigenvalue weighted by Crippen LogP contribution is 2.09. The van der Waals surface area contributed by atoms with Crippen molar-refractivity contribution in [2.75, 3.05) is 0 Å². The molecule has 60 valence electrons. The summed E-state index contributed by atoms with van der Waals surface area (Å²) < 4.78 is 0. The summed E-state index contributed by atoms with van der Waals surface area (Å²) in [7, 11) is 0. The zero-order chi connectivity index (χ0) is 8.10. The number of rotatable bonds is 4. The highest BCUT2D eigenvalue weighted by atomic mass is 32.1. The van der Waals surface area contributed by atoms with Gasteiger partial charge >= 0.3 is 0 Å². The van der Waals surface area contributed by atoms with Gasteiger partial charge in [0.25, 0.3) is 0 Å². The van der Waals surface area contributed by atoms with E-state index in [1.54, 1.807) is 18.3 Å². The van der Waals surface area contributed by atoms with Gasteiger partial charge in [-0.2, -0.15) is 11.3 Å². The molecule has 0 unspecified atom stereocenters. The molecule has 0 fully saturated rings. The number of ketones is 1. The van der Waals surface area contributed by atoms with Gasteiger partial charge in [-0.25, -0.2) is 0 Å². The number of thiophene rings is 1. The summed E-state index contributed by atoms with van der Waals surface area (Å²) in [6.07, 6.45) is 2.75. The first-order chi connectivity index (χ1) is 5.29. The molecule has 0 aliphatic carbocycles. The molecule has 0 amide bonds. The lowest BCUT2D eigenvalue weighted by atomic mass is 10.1. The van der Waals surface area contributed by atoms with Crippen LogP contribution in [0, 0.1) is 0 Å². The standard InChI is InChI=1S/C9H12OS/c1-8(10)3-2-4-9-5-6-11-7-9/h5-7H,2-4H2,1H3. The van der Waals surface area contributed by atoms with Crippen LogP contribution >= 0.6 is 11.3 Å². The number of Topliss-reactive ketones (excluding diaryl/α,β-unsaturated/α-hetero) is 1. The Balaban J connectivity index is 2.19. The van der Waals surface area contributed by atoms with Gasteiger partial charge in [0.15, 0.2) is 0 Å². The number of aryl methyl sites for hydroxylation is 1. The van der Waals surface area contributed by atoms with E-state index in [0.717, 1.165) is 19.3 Å². The van der Waals surface area contributed by atoms with Crippen LogP contribution in [-0.4, -0.2) is 5.78 Å². The van der Waals surface area contributed by atoms with Crippen molar-refractivity contribution >= 4 is 17.1 Å². The fraction of sp³-hybridized carbons (Fsp3) is 0.444. The topological polar surface area (TPSA) is 17.1 Å². The average molecular weight is 168 g/mol. The van der Waals surface area contributed by atoms with E-state index in [0.29, 0.717) is 5.78 Å². The van der Waals surface area contributed by atoms with Crippen LogP contribution in [-0.2, 0) is 11.2 Å². The zero-order valence-electron chi connectivity index (χ0n) is 6.67. The van der Waals surface area contributed by atoms with Gasteiger partial charge in [0.2, 0.25) is 0 Å². The normalized spacial score (nSPS) is 9.91. The van der Waals surface area contributed by atoms with E-state index in [4.69, 9.17) is 0 Å². The van der Waals surface area contributed by atoms with Gasteiger partial charge in [0.05, 0.1) is 0 Å². The Morgan fingerprint density at radius 3 is 3.00 bits per heavy atom. The summed E-state index contributed by atoms with van der Waals surface area (Å²) in [5.74, 6) is 0.292. The molecular formula is C9H12OS. The van der Waals surface area contributed by atoms with Gasteiger partial charge < -0.3 is 4.79 Å². The smallest absolute Gasteiger partial charge is 0.129 e. The molecule has 1 rings (SSSR count). The molecule has 0 saturated carbocycles. The SMILES string of the molecule is CC(=O)CCCc1ccsc1. The predicted octanol–water partition coefficient (Wildman–Crippen LogP) is 2.66. The molecule has 1 aromatic heterocycles. The third-order valence-corrected chi connectivity index (χ3v) is 2.31. The molecule has 0 bridgehead atoms. The Hall–Kier alpha value is -0.630. The van der Waals surface area contributed by atoms with Crippen LogP contribution in [0.1, 0.15) is 25.3 Å². The molecule has 2 heteroatoms. The average Bonchev–Trinajstić information content (AvgIpc) is 2.39. The molecule has 0 aromatic carbocycles. The maximum absolute atomic E-state index is 10.6. The van der Waals surface area contributed by atoms with Crippen LogP contribution in [0.2, 0.25) is 0 Å². The van der Waals surface area contributed by atoms with E-state index in [2.05, 4.69) is 16.8 Å². The quantitative estimate of drug-likeness (QED) is 0.675. The van der Waals surface area contributed by atoms with Gasteiger partial charge in [0, 0.05) is 6.42 Å². The first-order valence-electron chi connectivity index (χ1n) is 3.79. The van der Waals surface area contributed by atoms with Crippen molar-refractivity contribution in [3.05, 3.63) is 22.4 Å². The molecule has 0 aliphatic heterocycles. The van der Waals surface area contributed by atoms with E-state index >= 15 is 0 Å². The van der Waals surface area contributed by atoms with Gasteiger partial charge in [-0.3, -0.25) is 0 Å². The van der Waals surface area contributed by atoms with Gasteiger partial charge in [-0.05, 0) is 42.2 Å². The van der Waals surface area contributed by atoms with Crippen LogP contribution in [0.5, 0.6) is 0 Å². The highest BCUT2D eigenvalue weighted by molar-refractivity contribution is 7.07. The predicted molar refractivity (Wildman–Crippen MR) is 47.9 cm³/mol. The lowest BCUT2D eigenvalue weighted by Gasteiger charge is -1.93. The minimum atomic E-state index is 0.292. The van der Waals surface area contributed by atoms with Crippen molar-refractivity contribution in [3.63, 3.8) is 0 Å². The van der Waals surface area contributed by atoms with Crippen LogP contribution < -0.4 is 0 Å². The summed E-state index contributed by atoms with van der Waals surface area (Å²) in [5.41, 5.74) is 1.36. The Morgan fingerprint density at radius 2 is 2.45 bits per heavy atom. The molecule has 1 nitrogen and oxygen atoms in total. The molecule has 1 heterocycles. The monoisotopic (exact) mass is 168 g/mol. The van der Waals surface area contributed by atoms with Crippen molar-refractivity contribution in [1.82, 2.24) is 0 Å². The summed E-state index contributed by atoms with van der Waals surface area (Å²) in [6, 6.07) is 2.12. The second-order valence-electron chi connectivity index (χ2n) is 2.69. The van der Waals surface area contributed by atoms with Crippen molar-refractivity contribution < 1.29 is 4.79 Å². The van der Waals surface area contributed by atoms with E-state index < -0.39 is 0 Å². The van der Waals surface area contributed by atoms with Gasteiger partial charge in [-0.15, -0.1) is 0 Å². The number of carbonyl (C=O) groups excluding carboxylic acids is 1. The Morgan fingerprint density at radius 1 is 1.64 bits per heavy atom. The first-order valence-corrected chi connectivity index (χ1v) is 4.74. The van der Waals surface area contributed by atoms with Gasteiger partial charge in [0.1, 0.15) is 5.78 Å². The maximum Gasteiger partial charge on any atom is 0.129 e. The largest absolute Gasteiger partial charge is 0.300 e. The van der Waals surface area contributed by atoms with E-state index in [1.807, 2.05) is 0 Å². The number of hydrogen-bond acceptors (Lipinski definition) is 2. The van der Waals surface area contributed by atoms with Crippen molar-refractivity contribution in [3.8, 4) is 0 Å². The second-order valence-corrected chi connectivity index (χ2v) is 3.47. The number of hydrogen-bond donors (Lipinski definition) is 0. The lowest BCUT2D eigenvalue weighted by molar-refractivity contribution is -0.117. The molecule has 1 aromatic rings. The van der Waals surface area contributed by atoms with E-state index in [1.165, 1.54) is 5.56 Å². The molecule has 0 aliphatic rings.